The van der Waals surface area contributed by atoms with Crippen molar-refractivity contribution in [3.05, 3.63) is 242 Å². The zero-order valence-electron chi connectivity index (χ0n) is 31.6. The van der Waals surface area contributed by atoms with Crippen LogP contribution < -0.4 is 68.2 Å². The molecule has 0 spiro atoms. The Kier molecular flexibility index (Phi) is 19.0. The Morgan fingerprint density at radius 2 is 0.719 bits per heavy atom. The van der Waals surface area contributed by atoms with E-state index in [1.54, 1.807) is 0 Å². The SMILES string of the molecule is CO.IC(c1ccccn1)[P+](c1ccccc1)(c1ccccc1)c1ccccc1.[Cl-].[I-].c1ccc([P+](Cc2ccccn2)(c2ccccc2)c2ccccc2)cc1. The molecule has 8 rings (SSSR count). The third kappa shape index (κ3) is 10.6. The number of halogens is 3. The third-order valence-corrected chi connectivity index (χ3v) is 21.2. The Morgan fingerprint density at radius 1 is 0.421 bits per heavy atom. The third-order valence-electron chi connectivity index (χ3n) is 9.48. The Hall–Kier alpha value is -3.81. The van der Waals surface area contributed by atoms with Gasteiger partial charge in [-0.05, 0) is 120 Å². The maximum Gasteiger partial charge on any atom is 0.175 e. The average molecular weight is 1030 g/mol. The van der Waals surface area contributed by atoms with Gasteiger partial charge in [-0.3, -0.25) is 9.97 Å². The lowest BCUT2D eigenvalue weighted by atomic mass is 10.3. The van der Waals surface area contributed by atoms with Gasteiger partial charge in [0.2, 0.25) is 0 Å². The summed E-state index contributed by atoms with van der Waals surface area (Å²) in [5.41, 5.74) is 2.26. The Morgan fingerprint density at radius 3 is 1.02 bits per heavy atom. The van der Waals surface area contributed by atoms with Crippen LogP contribution in [0.3, 0.4) is 0 Å². The second-order valence-corrected chi connectivity index (χ2v) is 21.8. The summed E-state index contributed by atoms with van der Waals surface area (Å²) in [5.74, 6) is 0. The van der Waals surface area contributed by atoms with Crippen molar-refractivity contribution in [2.45, 2.75) is 9.83 Å². The van der Waals surface area contributed by atoms with Crippen LogP contribution in [-0.4, -0.2) is 22.2 Å². The van der Waals surface area contributed by atoms with Gasteiger partial charge in [-0.1, -0.05) is 121 Å². The molecular weight excluding hydrogens is 984 g/mol. The molecule has 1 atom stereocenters. The lowest BCUT2D eigenvalue weighted by Gasteiger charge is -2.31. The van der Waals surface area contributed by atoms with E-state index >= 15 is 0 Å². The van der Waals surface area contributed by atoms with Crippen molar-refractivity contribution in [1.29, 1.82) is 0 Å². The number of rotatable bonds is 10. The van der Waals surface area contributed by atoms with Crippen LogP contribution in [0, 0.1) is 0 Å². The zero-order chi connectivity index (χ0) is 38.2. The fourth-order valence-corrected chi connectivity index (χ4v) is 18.6. The Bertz CT molecular complexity index is 2070. The molecule has 6 aromatic carbocycles. The highest BCUT2D eigenvalue weighted by molar-refractivity contribution is 14.1. The maximum atomic E-state index is 7.00. The van der Waals surface area contributed by atoms with Gasteiger partial charge in [-0.2, -0.15) is 0 Å². The zero-order valence-corrected chi connectivity index (χ0v) is 38.5. The molecule has 8 aromatic rings. The summed E-state index contributed by atoms with van der Waals surface area (Å²) < 4.78 is 0.239. The van der Waals surface area contributed by atoms with Crippen LogP contribution in [0.4, 0.5) is 0 Å². The van der Waals surface area contributed by atoms with Gasteiger partial charge in [-0.15, -0.1) is 0 Å². The highest BCUT2D eigenvalue weighted by Crippen LogP contribution is 2.69. The number of alkyl halides is 1. The van der Waals surface area contributed by atoms with Crippen molar-refractivity contribution >= 4 is 68.9 Å². The largest absolute Gasteiger partial charge is 1.00 e. The van der Waals surface area contributed by atoms with Crippen molar-refractivity contribution in [2.24, 2.45) is 0 Å². The summed E-state index contributed by atoms with van der Waals surface area (Å²) in [6.07, 6.45) is 4.72. The molecule has 0 saturated carbocycles. The molecule has 288 valence electrons. The first-order valence-electron chi connectivity index (χ1n) is 18.2. The van der Waals surface area contributed by atoms with Crippen molar-refractivity contribution < 1.29 is 41.5 Å². The van der Waals surface area contributed by atoms with Gasteiger partial charge in [0.1, 0.15) is 52.5 Å². The van der Waals surface area contributed by atoms with Gasteiger partial charge in [-0.25, -0.2) is 0 Å². The van der Waals surface area contributed by atoms with Crippen molar-refractivity contribution in [3.63, 3.8) is 0 Å². The monoisotopic (exact) mass is 1030 g/mol. The molecule has 0 amide bonds. The van der Waals surface area contributed by atoms with E-state index in [0.717, 1.165) is 24.7 Å². The summed E-state index contributed by atoms with van der Waals surface area (Å²) in [4.78, 5) is 9.41. The molecule has 0 radical (unpaired) electrons. The summed E-state index contributed by atoms with van der Waals surface area (Å²) in [7, 11) is -2.78. The first-order chi connectivity index (χ1) is 27.2. The van der Waals surface area contributed by atoms with E-state index in [1.165, 1.54) is 31.8 Å². The van der Waals surface area contributed by atoms with Gasteiger partial charge in [0.05, 0.1) is 11.4 Å². The van der Waals surface area contributed by atoms with Gasteiger partial charge in [0.15, 0.2) is 3.67 Å². The quantitative estimate of drug-likeness (QED) is 0.129. The molecule has 0 fully saturated rings. The van der Waals surface area contributed by atoms with Crippen LogP contribution in [0.5, 0.6) is 0 Å². The van der Waals surface area contributed by atoms with Crippen LogP contribution in [0.25, 0.3) is 0 Å². The highest BCUT2D eigenvalue weighted by atomic mass is 127. The maximum absolute atomic E-state index is 7.00. The van der Waals surface area contributed by atoms with Gasteiger partial charge in [0, 0.05) is 19.5 Å². The molecule has 8 heteroatoms. The van der Waals surface area contributed by atoms with E-state index < -0.39 is 14.5 Å². The lowest BCUT2D eigenvalue weighted by Crippen LogP contribution is -3.00. The molecule has 1 N–H and O–H groups in total. The smallest absolute Gasteiger partial charge is 0.175 e. The fraction of sp³-hybridized carbons (Fsp3) is 0.0612. The fourth-order valence-electron chi connectivity index (χ4n) is 7.05. The second kappa shape index (κ2) is 23.6. The first kappa shape index (κ1) is 45.9. The molecule has 0 aliphatic rings. The predicted molar refractivity (Wildman–Crippen MR) is 247 cm³/mol. The normalized spacial score (nSPS) is 11.1. The molecule has 0 bridgehead atoms. The van der Waals surface area contributed by atoms with Crippen LogP contribution in [0.2, 0.25) is 0 Å². The van der Waals surface area contributed by atoms with Crippen LogP contribution in [-0.2, 0) is 6.16 Å². The number of aliphatic hydroxyl groups is 1. The standard InChI is InChI=1S/C24H20INP.C24H21NP.CH4O.ClH.HI/c25-24(23-18-10-11-19-26-23)27(20-12-4-1-5-13-20,21-14-6-2-7-15-21)22-16-8-3-9-17-22;1-4-13-22(14-5-1)26(23-15-6-2-7-16-23,24-17-8-3-9-18-24)20-21-12-10-11-19-25-21;1-2;;/h1-19,24H;1-19H,20H2;2H,1H3;2*1H/q2*+1;;;/p-2. The summed E-state index contributed by atoms with van der Waals surface area (Å²) in [6.45, 7) is 0. The number of hydrogen-bond acceptors (Lipinski definition) is 3. The number of aromatic nitrogens is 2. The van der Waals surface area contributed by atoms with Crippen molar-refractivity contribution in [3.8, 4) is 0 Å². The van der Waals surface area contributed by atoms with Crippen LogP contribution >= 0.6 is 37.1 Å². The summed E-state index contributed by atoms with van der Waals surface area (Å²) >= 11 is 2.62. The minimum absolute atomic E-state index is 0. The van der Waals surface area contributed by atoms with Crippen LogP contribution in [0.1, 0.15) is 15.1 Å². The molecule has 0 aliphatic carbocycles. The lowest BCUT2D eigenvalue weighted by molar-refractivity contribution is -0.00100. The van der Waals surface area contributed by atoms with E-state index in [2.05, 4.69) is 234 Å². The van der Waals surface area contributed by atoms with Gasteiger partial charge in [0.25, 0.3) is 0 Å². The molecule has 0 saturated heterocycles. The molecule has 0 aliphatic heterocycles. The molecule has 2 aromatic heterocycles. The minimum atomic E-state index is -1.94. The van der Waals surface area contributed by atoms with E-state index in [0.29, 0.717) is 0 Å². The number of hydrogen-bond donors (Lipinski definition) is 1. The molecule has 1 unspecified atom stereocenters. The predicted octanol–water partition coefficient (Wildman–Crippen LogP) is 3.70. The van der Waals surface area contributed by atoms with Crippen molar-refractivity contribution in [1.82, 2.24) is 9.97 Å². The highest BCUT2D eigenvalue weighted by Gasteiger charge is 2.52. The van der Waals surface area contributed by atoms with E-state index in [1.807, 2.05) is 24.5 Å². The Labute approximate surface area is 376 Å². The number of benzene rings is 6. The van der Waals surface area contributed by atoms with E-state index in [4.69, 9.17) is 10.1 Å². The van der Waals surface area contributed by atoms with Crippen LogP contribution in [0.15, 0.2) is 231 Å². The first-order valence-corrected chi connectivity index (χ1v) is 23.3. The van der Waals surface area contributed by atoms with Crippen molar-refractivity contribution in [2.75, 3.05) is 7.11 Å². The minimum Gasteiger partial charge on any atom is -1.00 e. The number of nitrogens with zero attached hydrogens (tertiary/aromatic N) is 2. The molecule has 57 heavy (non-hydrogen) atoms. The van der Waals surface area contributed by atoms with Gasteiger partial charge < -0.3 is 41.5 Å². The van der Waals surface area contributed by atoms with E-state index in [-0.39, 0.29) is 40.0 Å². The number of pyridine rings is 2. The molecular formula is C49H45ClI2N2OP2. The topological polar surface area (TPSA) is 46.0 Å². The average Bonchev–Trinajstić information content (AvgIpc) is 3.29. The molecule has 3 nitrogen and oxygen atoms in total. The summed E-state index contributed by atoms with van der Waals surface area (Å²) in [6, 6.07) is 78.1. The second-order valence-electron chi connectivity index (χ2n) is 12.6. The number of aliphatic hydroxyl groups excluding tert-OH is 1. The summed E-state index contributed by atoms with van der Waals surface area (Å²) in [5, 5.41) is 15.3. The Balaban J connectivity index is 0.000000234. The van der Waals surface area contributed by atoms with Gasteiger partial charge >= 0.3 is 0 Å². The van der Waals surface area contributed by atoms with E-state index in [9.17, 15) is 0 Å². The molecule has 2 heterocycles.